The zero-order chi connectivity index (χ0) is 16.8. The van der Waals surface area contributed by atoms with Crippen LogP contribution < -0.4 is 10.6 Å². The number of hydrogen-bond acceptors (Lipinski definition) is 5. The van der Waals surface area contributed by atoms with E-state index < -0.39 is 0 Å². The van der Waals surface area contributed by atoms with Crippen LogP contribution in [0.5, 0.6) is 0 Å². The maximum atomic E-state index is 12.1. The van der Waals surface area contributed by atoms with Crippen molar-refractivity contribution in [3.8, 4) is 0 Å². The first-order valence-corrected chi connectivity index (χ1v) is 9.21. The third kappa shape index (κ3) is 4.75. The highest BCUT2D eigenvalue weighted by molar-refractivity contribution is 7.99. The number of nitrogens with one attached hydrogen (secondary N) is 2. The SMILES string of the molecule is Cc1cc(CNC(=O)Nc2ccccc2CN2CCSCC2)no1. The molecule has 1 aliphatic heterocycles. The molecule has 2 aromatic rings. The van der Waals surface area contributed by atoms with Crippen molar-refractivity contribution in [3.63, 3.8) is 0 Å². The predicted octanol–water partition coefficient (Wildman–Crippen LogP) is 2.85. The molecule has 2 heterocycles. The summed E-state index contributed by atoms with van der Waals surface area (Å²) in [5.41, 5.74) is 2.70. The molecule has 7 heteroatoms. The Morgan fingerprint density at radius 3 is 2.88 bits per heavy atom. The lowest BCUT2D eigenvalue weighted by Gasteiger charge is -2.27. The zero-order valence-corrected chi connectivity index (χ0v) is 14.6. The van der Waals surface area contributed by atoms with Gasteiger partial charge in [-0.2, -0.15) is 11.8 Å². The van der Waals surface area contributed by atoms with Gasteiger partial charge < -0.3 is 15.2 Å². The maximum Gasteiger partial charge on any atom is 0.319 e. The van der Waals surface area contributed by atoms with E-state index in [0.29, 0.717) is 12.2 Å². The molecule has 0 spiro atoms. The van der Waals surface area contributed by atoms with Crippen molar-refractivity contribution >= 4 is 23.5 Å². The third-order valence-electron chi connectivity index (χ3n) is 3.87. The van der Waals surface area contributed by atoms with E-state index in [9.17, 15) is 4.79 Å². The number of para-hydroxylation sites is 1. The van der Waals surface area contributed by atoms with E-state index in [2.05, 4.69) is 26.8 Å². The molecule has 1 saturated heterocycles. The lowest BCUT2D eigenvalue weighted by Crippen LogP contribution is -2.33. The second-order valence-electron chi connectivity index (χ2n) is 5.78. The minimum absolute atomic E-state index is 0.239. The van der Waals surface area contributed by atoms with Crippen LogP contribution >= 0.6 is 11.8 Å². The van der Waals surface area contributed by atoms with Crippen molar-refractivity contribution in [1.29, 1.82) is 0 Å². The van der Waals surface area contributed by atoms with Crippen molar-refractivity contribution < 1.29 is 9.32 Å². The molecule has 6 nitrogen and oxygen atoms in total. The van der Waals surface area contributed by atoms with E-state index >= 15 is 0 Å². The number of rotatable bonds is 5. The number of amides is 2. The quantitative estimate of drug-likeness (QED) is 0.871. The molecule has 1 fully saturated rings. The molecular weight excluding hydrogens is 324 g/mol. The fraction of sp³-hybridized carbons (Fsp3) is 0.412. The van der Waals surface area contributed by atoms with E-state index in [0.717, 1.165) is 36.6 Å². The summed E-state index contributed by atoms with van der Waals surface area (Å²) in [4.78, 5) is 14.6. The van der Waals surface area contributed by atoms with Crippen LogP contribution in [0, 0.1) is 6.92 Å². The van der Waals surface area contributed by atoms with Crippen LogP contribution in [0.15, 0.2) is 34.9 Å². The highest BCUT2D eigenvalue weighted by Crippen LogP contribution is 2.19. The van der Waals surface area contributed by atoms with Crippen molar-refractivity contribution in [1.82, 2.24) is 15.4 Å². The number of thioether (sulfide) groups is 1. The predicted molar refractivity (Wildman–Crippen MR) is 96.1 cm³/mol. The molecule has 2 N–H and O–H groups in total. The van der Waals surface area contributed by atoms with Gasteiger partial charge in [-0.3, -0.25) is 4.90 Å². The molecular formula is C17H22N4O2S. The highest BCUT2D eigenvalue weighted by Gasteiger charge is 2.13. The highest BCUT2D eigenvalue weighted by atomic mass is 32.2. The van der Waals surface area contributed by atoms with Gasteiger partial charge in [0.15, 0.2) is 0 Å². The van der Waals surface area contributed by atoms with Crippen molar-refractivity contribution in [3.05, 3.63) is 47.3 Å². The number of benzene rings is 1. The van der Waals surface area contributed by atoms with Crippen molar-refractivity contribution in [2.24, 2.45) is 0 Å². The van der Waals surface area contributed by atoms with Gasteiger partial charge in [-0.25, -0.2) is 4.79 Å². The van der Waals surface area contributed by atoms with Crippen LogP contribution in [0.3, 0.4) is 0 Å². The summed E-state index contributed by atoms with van der Waals surface area (Å²) in [6, 6.07) is 9.52. The molecule has 0 aliphatic carbocycles. The van der Waals surface area contributed by atoms with E-state index in [1.54, 1.807) is 0 Å². The summed E-state index contributed by atoms with van der Waals surface area (Å²) in [6.45, 7) is 5.22. The first kappa shape index (κ1) is 16.9. The van der Waals surface area contributed by atoms with Gasteiger partial charge in [0, 0.05) is 42.9 Å². The normalized spacial score (nSPS) is 15.2. The fourth-order valence-electron chi connectivity index (χ4n) is 2.62. The molecule has 0 bridgehead atoms. The summed E-state index contributed by atoms with van der Waals surface area (Å²) in [6.07, 6.45) is 0. The Bertz CT molecular complexity index is 683. The Morgan fingerprint density at radius 2 is 2.12 bits per heavy atom. The smallest absolute Gasteiger partial charge is 0.319 e. The standard InChI is InChI=1S/C17H22N4O2S/c1-13-10-15(20-23-13)11-18-17(22)19-16-5-3-2-4-14(16)12-21-6-8-24-9-7-21/h2-5,10H,6-9,11-12H2,1H3,(H2,18,19,22). The van der Waals surface area contributed by atoms with Crippen LogP contribution in [0.2, 0.25) is 0 Å². The van der Waals surface area contributed by atoms with Gasteiger partial charge in [0.25, 0.3) is 0 Å². The Kier molecular flexibility index (Phi) is 5.77. The van der Waals surface area contributed by atoms with E-state index in [4.69, 9.17) is 4.52 Å². The molecule has 2 amide bonds. The first-order chi connectivity index (χ1) is 11.7. The lowest BCUT2D eigenvalue weighted by atomic mass is 10.1. The summed E-state index contributed by atoms with van der Waals surface area (Å²) < 4.78 is 4.99. The Hall–Kier alpha value is -1.99. The number of urea groups is 1. The zero-order valence-electron chi connectivity index (χ0n) is 13.7. The topological polar surface area (TPSA) is 70.4 Å². The maximum absolute atomic E-state index is 12.1. The molecule has 1 aromatic heterocycles. The summed E-state index contributed by atoms with van der Waals surface area (Å²) >= 11 is 2.00. The number of carbonyl (C=O) groups excluding carboxylic acids is 1. The van der Waals surface area contributed by atoms with Gasteiger partial charge >= 0.3 is 6.03 Å². The molecule has 1 aromatic carbocycles. The average Bonchev–Trinajstić information content (AvgIpc) is 3.01. The molecule has 0 saturated carbocycles. The largest absolute Gasteiger partial charge is 0.361 e. The Morgan fingerprint density at radius 1 is 1.33 bits per heavy atom. The lowest BCUT2D eigenvalue weighted by molar-refractivity contribution is 0.251. The minimum atomic E-state index is -0.239. The second kappa shape index (κ2) is 8.21. The second-order valence-corrected chi connectivity index (χ2v) is 7.01. The van der Waals surface area contributed by atoms with Crippen LogP contribution in [-0.2, 0) is 13.1 Å². The fourth-order valence-corrected chi connectivity index (χ4v) is 3.60. The number of aromatic nitrogens is 1. The van der Waals surface area contributed by atoms with Crippen LogP contribution in [0.1, 0.15) is 17.0 Å². The summed E-state index contributed by atoms with van der Waals surface area (Å²) in [7, 11) is 0. The molecule has 1 aliphatic rings. The van der Waals surface area contributed by atoms with Gasteiger partial charge in [0.1, 0.15) is 11.5 Å². The van der Waals surface area contributed by atoms with Gasteiger partial charge in [-0.05, 0) is 18.6 Å². The number of anilines is 1. The van der Waals surface area contributed by atoms with Gasteiger partial charge in [-0.1, -0.05) is 23.4 Å². The molecule has 0 radical (unpaired) electrons. The van der Waals surface area contributed by atoms with Crippen LogP contribution in [0.25, 0.3) is 0 Å². The number of aryl methyl sites for hydroxylation is 1. The number of nitrogens with zero attached hydrogens (tertiary/aromatic N) is 2. The number of hydrogen-bond donors (Lipinski definition) is 2. The van der Waals surface area contributed by atoms with Crippen molar-refractivity contribution in [2.75, 3.05) is 29.9 Å². The molecule has 128 valence electrons. The van der Waals surface area contributed by atoms with Crippen LogP contribution in [-0.4, -0.2) is 40.7 Å². The molecule has 3 rings (SSSR count). The molecule has 24 heavy (non-hydrogen) atoms. The van der Waals surface area contributed by atoms with Gasteiger partial charge in [0.2, 0.25) is 0 Å². The van der Waals surface area contributed by atoms with Gasteiger partial charge in [0.05, 0.1) is 6.54 Å². The summed E-state index contributed by atoms with van der Waals surface area (Å²) in [5, 5.41) is 9.60. The number of carbonyl (C=O) groups is 1. The minimum Gasteiger partial charge on any atom is -0.361 e. The van der Waals surface area contributed by atoms with E-state index in [1.165, 1.54) is 11.5 Å². The third-order valence-corrected chi connectivity index (χ3v) is 4.81. The van der Waals surface area contributed by atoms with Crippen molar-refractivity contribution in [2.45, 2.75) is 20.0 Å². The first-order valence-electron chi connectivity index (χ1n) is 8.06. The molecule has 0 unspecified atom stereocenters. The Balaban J connectivity index is 1.56. The Labute approximate surface area is 146 Å². The van der Waals surface area contributed by atoms with E-state index in [-0.39, 0.29) is 6.03 Å². The average molecular weight is 346 g/mol. The summed E-state index contributed by atoms with van der Waals surface area (Å²) in [5.74, 6) is 3.08. The van der Waals surface area contributed by atoms with Crippen LogP contribution in [0.4, 0.5) is 10.5 Å². The molecule has 0 atom stereocenters. The van der Waals surface area contributed by atoms with E-state index in [1.807, 2.05) is 43.0 Å². The van der Waals surface area contributed by atoms with Gasteiger partial charge in [-0.15, -0.1) is 0 Å². The monoisotopic (exact) mass is 346 g/mol.